The zero-order chi connectivity index (χ0) is 14.5. The second-order valence-electron chi connectivity index (χ2n) is 4.62. The van der Waals surface area contributed by atoms with E-state index in [2.05, 4.69) is 35.8 Å². The van der Waals surface area contributed by atoms with Crippen molar-refractivity contribution >= 4 is 23.2 Å². The van der Waals surface area contributed by atoms with Crippen LogP contribution in [-0.2, 0) is 6.54 Å². The molecule has 4 heteroatoms. The van der Waals surface area contributed by atoms with Gasteiger partial charge in [0.2, 0.25) is 0 Å². The highest BCUT2D eigenvalue weighted by atomic mass is 35.5. The van der Waals surface area contributed by atoms with Gasteiger partial charge in [-0.15, -0.1) is 0 Å². The molecule has 2 aromatic carbocycles. The molecule has 0 spiro atoms. The Hall–Kier alpha value is -2.00. The summed E-state index contributed by atoms with van der Waals surface area (Å²) in [7, 11) is 1.61. The fourth-order valence-electron chi connectivity index (χ4n) is 1.97. The minimum absolute atomic E-state index is 0.125. The Bertz CT molecular complexity index is 626. The van der Waals surface area contributed by atoms with E-state index in [0.717, 1.165) is 5.69 Å². The van der Waals surface area contributed by atoms with Gasteiger partial charge in [-0.05, 0) is 30.7 Å². The van der Waals surface area contributed by atoms with E-state index < -0.39 is 0 Å². The minimum atomic E-state index is -0.125. The number of aryl methyl sites for hydroxylation is 1. The number of carbonyl (C=O) groups is 1. The van der Waals surface area contributed by atoms with Crippen molar-refractivity contribution in [3.63, 3.8) is 0 Å². The Labute approximate surface area is 124 Å². The Balaban J connectivity index is 2.14. The Morgan fingerprint density at radius 1 is 1.20 bits per heavy atom. The largest absolute Gasteiger partial charge is 0.380 e. The lowest BCUT2D eigenvalue weighted by Gasteiger charge is -2.10. The predicted molar refractivity (Wildman–Crippen MR) is 83.3 cm³/mol. The van der Waals surface area contributed by atoms with Crippen molar-refractivity contribution in [2.24, 2.45) is 0 Å². The van der Waals surface area contributed by atoms with Crippen molar-refractivity contribution in [1.29, 1.82) is 0 Å². The maximum Gasteiger partial charge on any atom is 0.251 e. The van der Waals surface area contributed by atoms with Gasteiger partial charge < -0.3 is 10.6 Å². The maximum absolute atomic E-state index is 11.6. The molecule has 2 N–H and O–H groups in total. The van der Waals surface area contributed by atoms with Crippen LogP contribution in [0.2, 0.25) is 5.02 Å². The smallest absolute Gasteiger partial charge is 0.251 e. The Morgan fingerprint density at radius 3 is 2.70 bits per heavy atom. The number of amides is 1. The molecule has 1 amide bonds. The molecular weight excluding hydrogens is 272 g/mol. The number of rotatable bonds is 4. The number of anilines is 1. The molecule has 0 heterocycles. The van der Waals surface area contributed by atoms with Crippen LogP contribution in [-0.4, -0.2) is 13.0 Å². The molecule has 0 aliphatic rings. The summed E-state index contributed by atoms with van der Waals surface area (Å²) in [5, 5.41) is 6.47. The first-order valence-electron chi connectivity index (χ1n) is 6.41. The summed E-state index contributed by atoms with van der Waals surface area (Å²) in [5.74, 6) is -0.125. The first-order valence-corrected chi connectivity index (χ1v) is 6.79. The van der Waals surface area contributed by atoms with Crippen LogP contribution in [0.3, 0.4) is 0 Å². The summed E-state index contributed by atoms with van der Waals surface area (Å²) in [4.78, 5) is 11.6. The van der Waals surface area contributed by atoms with Crippen molar-refractivity contribution in [2.45, 2.75) is 13.5 Å². The molecule has 0 bridgehead atoms. The van der Waals surface area contributed by atoms with Crippen LogP contribution in [0.4, 0.5) is 5.69 Å². The van der Waals surface area contributed by atoms with Crippen LogP contribution in [0.25, 0.3) is 0 Å². The summed E-state index contributed by atoms with van der Waals surface area (Å²) in [5.41, 5.74) is 3.74. The van der Waals surface area contributed by atoms with Crippen molar-refractivity contribution in [3.05, 3.63) is 64.2 Å². The van der Waals surface area contributed by atoms with Crippen molar-refractivity contribution in [2.75, 3.05) is 12.4 Å². The van der Waals surface area contributed by atoms with E-state index in [0.29, 0.717) is 17.1 Å². The molecule has 0 unspecified atom stereocenters. The third-order valence-electron chi connectivity index (χ3n) is 3.02. The Kier molecular flexibility index (Phi) is 4.64. The van der Waals surface area contributed by atoms with E-state index in [-0.39, 0.29) is 5.91 Å². The number of carbonyl (C=O) groups excluding carboxylic acids is 1. The van der Waals surface area contributed by atoms with Crippen LogP contribution >= 0.6 is 11.6 Å². The molecule has 0 saturated heterocycles. The molecule has 3 nitrogen and oxygen atoms in total. The van der Waals surface area contributed by atoms with Gasteiger partial charge in [-0.3, -0.25) is 4.79 Å². The van der Waals surface area contributed by atoms with Crippen LogP contribution in [0.15, 0.2) is 42.5 Å². The van der Waals surface area contributed by atoms with Gasteiger partial charge in [-0.2, -0.15) is 0 Å². The molecule has 0 aliphatic carbocycles. The number of nitrogens with one attached hydrogen (secondary N) is 2. The predicted octanol–water partition coefficient (Wildman–Crippen LogP) is 3.62. The average Bonchev–Trinajstić information content (AvgIpc) is 2.45. The van der Waals surface area contributed by atoms with Crippen molar-refractivity contribution in [1.82, 2.24) is 5.32 Å². The summed E-state index contributed by atoms with van der Waals surface area (Å²) in [6, 6.07) is 13.4. The molecule has 104 valence electrons. The number of hydrogen-bond acceptors (Lipinski definition) is 2. The zero-order valence-corrected chi connectivity index (χ0v) is 12.3. The standard InChI is InChI=1S/C16H17ClN2O/c1-11-4-3-5-12(8-11)10-19-15-9-13(16(20)18-2)6-7-14(15)17/h3-9,19H,10H2,1-2H3,(H,18,20). The lowest BCUT2D eigenvalue weighted by atomic mass is 10.1. The number of benzene rings is 2. The highest BCUT2D eigenvalue weighted by molar-refractivity contribution is 6.33. The highest BCUT2D eigenvalue weighted by Crippen LogP contribution is 2.23. The van der Waals surface area contributed by atoms with Gasteiger partial charge in [0.1, 0.15) is 0 Å². The molecule has 0 atom stereocenters. The fraction of sp³-hybridized carbons (Fsp3) is 0.188. The molecule has 20 heavy (non-hydrogen) atoms. The Morgan fingerprint density at radius 2 is 2.00 bits per heavy atom. The van der Waals surface area contributed by atoms with E-state index in [9.17, 15) is 4.79 Å². The first kappa shape index (κ1) is 14.4. The SMILES string of the molecule is CNC(=O)c1ccc(Cl)c(NCc2cccc(C)c2)c1. The molecule has 2 aromatic rings. The van der Waals surface area contributed by atoms with Crippen LogP contribution in [0.5, 0.6) is 0 Å². The molecule has 0 aromatic heterocycles. The highest BCUT2D eigenvalue weighted by Gasteiger charge is 2.07. The first-order chi connectivity index (χ1) is 9.60. The lowest BCUT2D eigenvalue weighted by molar-refractivity contribution is 0.0963. The number of hydrogen-bond donors (Lipinski definition) is 2. The molecule has 0 fully saturated rings. The van der Waals surface area contributed by atoms with Crippen LogP contribution in [0.1, 0.15) is 21.5 Å². The van der Waals surface area contributed by atoms with Gasteiger partial charge in [0.25, 0.3) is 5.91 Å². The minimum Gasteiger partial charge on any atom is -0.380 e. The van der Waals surface area contributed by atoms with E-state index in [4.69, 9.17) is 11.6 Å². The van der Waals surface area contributed by atoms with E-state index in [1.54, 1.807) is 25.2 Å². The van der Waals surface area contributed by atoms with Gasteiger partial charge in [-0.25, -0.2) is 0 Å². The van der Waals surface area contributed by atoms with Gasteiger partial charge in [0, 0.05) is 19.2 Å². The summed E-state index contributed by atoms with van der Waals surface area (Å²) >= 11 is 6.15. The fourth-order valence-corrected chi connectivity index (χ4v) is 2.15. The third-order valence-corrected chi connectivity index (χ3v) is 3.35. The van der Waals surface area contributed by atoms with Gasteiger partial charge in [-0.1, -0.05) is 41.4 Å². The second kappa shape index (κ2) is 6.44. The van der Waals surface area contributed by atoms with Crippen LogP contribution in [0, 0.1) is 6.92 Å². The van der Waals surface area contributed by atoms with E-state index in [1.807, 2.05) is 6.07 Å². The summed E-state index contributed by atoms with van der Waals surface area (Å²) < 4.78 is 0. The van der Waals surface area contributed by atoms with Crippen LogP contribution < -0.4 is 10.6 Å². The van der Waals surface area contributed by atoms with E-state index in [1.165, 1.54) is 11.1 Å². The van der Waals surface area contributed by atoms with E-state index >= 15 is 0 Å². The summed E-state index contributed by atoms with van der Waals surface area (Å²) in [6.07, 6.45) is 0. The molecule has 0 saturated carbocycles. The molecule has 0 aliphatic heterocycles. The normalized spacial score (nSPS) is 10.2. The third kappa shape index (κ3) is 3.52. The quantitative estimate of drug-likeness (QED) is 0.902. The second-order valence-corrected chi connectivity index (χ2v) is 5.02. The summed E-state index contributed by atoms with van der Waals surface area (Å²) in [6.45, 7) is 2.72. The van der Waals surface area contributed by atoms with Gasteiger partial charge in [0.05, 0.1) is 10.7 Å². The zero-order valence-electron chi connectivity index (χ0n) is 11.5. The van der Waals surface area contributed by atoms with Crippen molar-refractivity contribution in [3.8, 4) is 0 Å². The average molecular weight is 289 g/mol. The van der Waals surface area contributed by atoms with Gasteiger partial charge >= 0.3 is 0 Å². The maximum atomic E-state index is 11.6. The van der Waals surface area contributed by atoms with Gasteiger partial charge in [0.15, 0.2) is 0 Å². The molecule has 2 rings (SSSR count). The monoisotopic (exact) mass is 288 g/mol. The topological polar surface area (TPSA) is 41.1 Å². The lowest BCUT2D eigenvalue weighted by Crippen LogP contribution is -2.17. The number of halogens is 1. The molecule has 0 radical (unpaired) electrons. The molecular formula is C16H17ClN2O. The van der Waals surface area contributed by atoms with Crippen molar-refractivity contribution < 1.29 is 4.79 Å².